The fourth-order valence-electron chi connectivity index (χ4n) is 7.03. The second-order valence-electron chi connectivity index (χ2n) is 17.9. The van der Waals surface area contributed by atoms with Crippen LogP contribution in [0.4, 0.5) is 0 Å². The molecule has 0 amide bonds. The second-order valence-corrected chi connectivity index (χ2v) is 17.9. The maximum Gasteiger partial charge on any atom is 0.101 e. The van der Waals surface area contributed by atoms with Crippen LogP contribution < -0.4 is 0 Å². The minimum absolute atomic E-state index is 0.0285. The van der Waals surface area contributed by atoms with E-state index >= 15 is 0 Å². The summed E-state index contributed by atoms with van der Waals surface area (Å²) in [6.07, 6.45) is 35.5. The predicted molar refractivity (Wildman–Crippen MR) is 231 cm³/mol. The summed E-state index contributed by atoms with van der Waals surface area (Å²) in [6, 6.07) is 0. The number of hydrogen-bond acceptors (Lipinski definition) is 8. The summed E-state index contributed by atoms with van der Waals surface area (Å²) in [7, 11) is 0. The Labute approximate surface area is 341 Å². The van der Waals surface area contributed by atoms with E-state index in [1.807, 2.05) is 0 Å². The van der Waals surface area contributed by atoms with Gasteiger partial charge >= 0.3 is 0 Å². The summed E-state index contributed by atoms with van der Waals surface area (Å²) in [4.78, 5) is 0. The molecule has 0 radical (unpaired) electrons. The average Bonchev–Trinajstić information content (AvgIpc) is 3.16. The van der Waals surface area contributed by atoms with Crippen molar-refractivity contribution in [3.05, 3.63) is 0 Å². The van der Waals surface area contributed by atoms with Crippen LogP contribution in [0.25, 0.3) is 0 Å². The average molecular weight is 789 g/mol. The Morgan fingerprint density at radius 1 is 0.345 bits per heavy atom. The van der Waals surface area contributed by atoms with Gasteiger partial charge in [0.25, 0.3) is 0 Å². The summed E-state index contributed by atoms with van der Waals surface area (Å²) in [6.45, 7) is 10.4. The predicted octanol–water partition coefficient (Wildman–Crippen LogP) is 11.0. The van der Waals surface area contributed by atoms with Gasteiger partial charge in [-0.2, -0.15) is 0 Å². The zero-order valence-corrected chi connectivity index (χ0v) is 37.1. The summed E-state index contributed by atoms with van der Waals surface area (Å²) >= 11 is 0. The summed E-state index contributed by atoms with van der Waals surface area (Å²) in [5, 5.41) is 40.5. The van der Waals surface area contributed by atoms with E-state index in [1.54, 1.807) is 0 Å². The highest BCUT2D eigenvalue weighted by molar-refractivity contribution is 4.78. The lowest BCUT2D eigenvalue weighted by atomic mass is 9.92. The summed E-state index contributed by atoms with van der Waals surface area (Å²) in [5.74, 6) is 1.69. The number of ether oxygens (including phenoxy) is 4. The van der Waals surface area contributed by atoms with Crippen LogP contribution in [-0.4, -0.2) is 98.7 Å². The molecule has 0 saturated carbocycles. The molecular formula is C47H96O8. The molecule has 8 nitrogen and oxygen atoms in total. The monoisotopic (exact) mass is 789 g/mol. The molecule has 55 heavy (non-hydrogen) atoms. The van der Waals surface area contributed by atoms with Crippen LogP contribution in [-0.2, 0) is 18.9 Å². The van der Waals surface area contributed by atoms with Gasteiger partial charge in [0.05, 0.1) is 58.3 Å². The first-order chi connectivity index (χ1) is 26.7. The van der Waals surface area contributed by atoms with Crippen molar-refractivity contribution in [3.63, 3.8) is 0 Å². The first-order valence-corrected chi connectivity index (χ1v) is 23.6. The molecule has 0 heterocycles. The van der Waals surface area contributed by atoms with E-state index in [2.05, 4.69) is 27.7 Å². The van der Waals surface area contributed by atoms with Crippen LogP contribution in [0.5, 0.6) is 0 Å². The molecule has 0 aliphatic rings. The van der Waals surface area contributed by atoms with Crippen molar-refractivity contribution >= 4 is 0 Å². The van der Waals surface area contributed by atoms with Crippen LogP contribution in [0.1, 0.15) is 207 Å². The van der Waals surface area contributed by atoms with Gasteiger partial charge in [0.2, 0.25) is 0 Å². The third-order valence-electron chi connectivity index (χ3n) is 10.9. The zero-order chi connectivity index (χ0) is 40.5. The molecule has 0 aliphatic heterocycles. The Morgan fingerprint density at radius 3 is 0.836 bits per heavy atom. The normalized spacial score (nSPS) is 13.4. The Balaban J connectivity index is 3.64. The standard InChI is InChI=1S/C47H96O8/c1-43(2)31-27-23-19-15-11-7-5-9-13-17-21-25-29-33-52-35-45(50)37-54-41-47(39-48,40-49)42-55-38-46(51)36-53-34-30-26-22-18-14-10-6-8-12-16-20-24-28-32-44(3)4/h43-46,48-51H,5-42H2,1-4H3. The molecule has 0 fully saturated rings. The van der Waals surface area contributed by atoms with Crippen LogP contribution in [0.2, 0.25) is 0 Å². The number of aliphatic hydroxyl groups excluding tert-OH is 4. The van der Waals surface area contributed by atoms with Gasteiger partial charge in [-0.05, 0) is 24.7 Å². The van der Waals surface area contributed by atoms with Crippen LogP contribution in [0.15, 0.2) is 0 Å². The van der Waals surface area contributed by atoms with Gasteiger partial charge in [-0.1, -0.05) is 195 Å². The Kier molecular flexibility index (Phi) is 41.6. The quantitative estimate of drug-likeness (QED) is 0.0451. The third-order valence-corrected chi connectivity index (χ3v) is 10.9. The van der Waals surface area contributed by atoms with Crippen molar-refractivity contribution in [2.75, 3.05) is 66.1 Å². The lowest BCUT2D eigenvalue weighted by Gasteiger charge is -2.30. The SMILES string of the molecule is CC(C)CCCCCCCCCCCCCCCOCC(O)COCC(CO)(CO)COCC(O)COCCCCCCCCCCCCCCCC(C)C. The first kappa shape index (κ1) is 54.7. The highest BCUT2D eigenvalue weighted by atomic mass is 16.5. The fourth-order valence-corrected chi connectivity index (χ4v) is 7.03. The first-order valence-electron chi connectivity index (χ1n) is 23.6. The van der Waals surface area contributed by atoms with Crippen LogP contribution in [0.3, 0.4) is 0 Å². The molecule has 0 bridgehead atoms. The van der Waals surface area contributed by atoms with E-state index in [0.717, 1.165) is 37.5 Å². The van der Waals surface area contributed by atoms with E-state index in [9.17, 15) is 20.4 Å². The van der Waals surface area contributed by atoms with Gasteiger partial charge in [0.15, 0.2) is 0 Å². The number of aliphatic hydroxyl groups is 4. The molecule has 0 aromatic rings. The van der Waals surface area contributed by atoms with Gasteiger partial charge in [-0.25, -0.2) is 0 Å². The highest BCUT2D eigenvalue weighted by Gasteiger charge is 2.30. The van der Waals surface area contributed by atoms with Crippen LogP contribution in [0, 0.1) is 17.3 Å². The maximum absolute atomic E-state index is 10.3. The molecule has 0 saturated heterocycles. The van der Waals surface area contributed by atoms with E-state index in [-0.39, 0.29) is 52.9 Å². The number of rotatable bonds is 46. The van der Waals surface area contributed by atoms with Gasteiger partial charge in [0.1, 0.15) is 12.2 Å². The van der Waals surface area contributed by atoms with E-state index in [4.69, 9.17) is 18.9 Å². The summed E-state index contributed by atoms with van der Waals surface area (Å²) < 4.78 is 22.6. The largest absolute Gasteiger partial charge is 0.396 e. The molecule has 8 heteroatoms. The van der Waals surface area contributed by atoms with Crippen molar-refractivity contribution in [1.29, 1.82) is 0 Å². The molecule has 2 atom stereocenters. The van der Waals surface area contributed by atoms with E-state index in [1.165, 1.54) is 154 Å². The fraction of sp³-hybridized carbons (Fsp3) is 1.00. The van der Waals surface area contributed by atoms with Crippen molar-refractivity contribution in [2.24, 2.45) is 17.3 Å². The zero-order valence-electron chi connectivity index (χ0n) is 37.1. The Morgan fingerprint density at radius 2 is 0.582 bits per heavy atom. The molecule has 2 unspecified atom stereocenters. The topological polar surface area (TPSA) is 118 Å². The van der Waals surface area contributed by atoms with Gasteiger partial charge in [-0.3, -0.25) is 0 Å². The molecule has 0 aliphatic carbocycles. The van der Waals surface area contributed by atoms with E-state index < -0.39 is 17.6 Å². The van der Waals surface area contributed by atoms with Gasteiger partial charge in [-0.15, -0.1) is 0 Å². The van der Waals surface area contributed by atoms with E-state index in [0.29, 0.717) is 13.2 Å². The van der Waals surface area contributed by atoms with Crippen LogP contribution >= 0.6 is 0 Å². The third kappa shape index (κ3) is 40.3. The second kappa shape index (κ2) is 41.8. The van der Waals surface area contributed by atoms with Gasteiger partial charge < -0.3 is 39.4 Å². The lowest BCUT2D eigenvalue weighted by Crippen LogP contribution is -2.41. The van der Waals surface area contributed by atoms with Gasteiger partial charge in [0, 0.05) is 13.2 Å². The maximum atomic E-state index is 10.3. The summed E-state index contributed by atoms with van der Waals surface area (Å²) in [5.41, 5.74) is -1.01. The van der Waals surface area contributed by atoms with Crippen molar-refractivity contribution in [2.45, 2.75) is 220 Å². The molecular weight excluding hydrogens is 693 g/mol. The lowest BCUT2D eigenvalue weighted by molar-refractivity contribution is -0.107. The minimum Gasteiger partial charge on any atom is -0.396 e. The highest BCUT2D eigenvalue weighted by Crippen LogP contribution is 2.19. The Hall–Kier alpha value is -0.320. The Bertz CT molecular complexity index is 676. The molecule has 0 rings (SSSR count). The number of unbranched alkanes of at least 4 members (excludes halogenated alkanes) is 24. The smallest absolute Gasteiger partial charge is 0.101 e. The molecule has 332 valence electrons. The molecule has 0 aromatic heterocycles. The van der Waals surface area contributed by atoms with Crippen molar-refractivity contribution in [1.82, 2.24) is 0 Å². The number of hydrogen-bond donors (Lipinski definition) is 4. The van der Waals surface area contributed by atoms with Crippen molar-refractivity contribution < 1.29 is 39.4 Å². The minimum atomic E-state index is -1.01. The molecule has 0 aromatic carbocycles. The molecule has 4 N–H and O–H groups in total. The van der Waals surface area contributed by atoms with Crippen molar-refractivity contribution in [3.8, 4) is 0 Å². The molecule has 0 spiro atoms.